The van der Waals surface area contributed by atoms with Gasteiger partial charge < -0.3 is 10.1 Å². The SMILES string of the molecule is O=C(Cc1ccccc1[N+](=O)[O-])Nc1ccccc1OC(F)(F)F. The lowest BCUT2D eigenvalue weighted by atomic mass is 10.1. The van der Waals surface area contributed by atoms with Crippen LogP contribution in [0.4, 0.5) is 24.5 Å². The van der Waals surface area contributed by atoms with Crippen LogP contribution in [-0.4, -0.2) is 17.2 Å². The van der Waals surface area contributed by atoms with Crippen molar-refractivity contribution in [1.29, 1.82) is 0 Å². The molecule has 0 fully saturated rings. The molecular formula is C15H11F3N2O4. The topological polar surface area (TPSA) is 81.5 Å². The van der Waals surface area contributed by atoms with Crippen LogP contribution in [0, 0.1) is 10.1 Å². The molecule has 2 rings (SSSR count). The molecule has 2 aromatic carbocycles. The number of amides is 1. The first kappa shape index (κ1) is 17.3. The Kier molecular flexibility index (Phi) is 5.02. The number of nitrogens with zero attached hydrogens (tertiary/aromatic N) is 1. The zero-order valence-corrected chi connectivity index (χ0v) is 12.0. The number of para-hydroxylation sites is 3. The molecule has 0 heterocycles. The van der Waals surface area contributed by atoms with Crippen LogP contribution in [0.2, 0.25) is 0 Å². The maximum atomic E-state index is 12.3. The molecular weight excluding hydrogens is 329 g/mol. The summed E-state index contributed by atoms with van der Waals surface area (Å²) in [7, 11) is 0. The van der Waals surface area contributed by atoms with Crippen LogP contribution in [0.25, 0.3) is 0 Å². The van der Waals surface area contributed by atoms with Gasteiger partial charge in [0.1, 0.15) is 0 Å². The molecule has 1 amide bonds. The lowest BCUT2D eigenvalue weighted by Gasteiger charge is -2.13. The van der Waals surface area contributed by atoms with Crippen molar-refractivity contribution < 1.29 is 27.6 Å². The fraction of sp³-hybridized carbons (Fsp3) is 0.133. The second-order valence-corrected chi connectivity index (χ2v) is 4.65. The normalized spacial score (nSPS) is 11.0. The average Bonchev–Trinajstić information content (AvgIpc) is 2.48. The highest BCUT2D eigenvalue weighted by molar-refractivity contribution is 5.94. The Morgan fingerprint density at radius 2 is 1.75 bits per heavy atom. The van der Waals surface area contributed by atoms with E-state index in [-0.39, 0.29) is 23.4 Å². The third-order valence-corrected chi connectivity index (χ3v) is 2.93. The fourth-order valence-electron chi connectivity index (χ4n) is 1.99. The van der Waals surface area contributed by atoms with Crippen molar-refractivity contribution >= 4 is 17.3 Å². The molecule has 0 atom stereocenters. The zero-order valence-electron chi connectivity index (χ0n) is 12.0. The molecule has 0 bridgehead atoms. The summed E-state index contributed by atoms with van der Waals surface area (Å²) in [5.41, 5.74) is -0.278. The van der Waals surface area contributed by atoms with Gasteiger partial charge in [-0.05, 0) is 12.1 Å². The molecule has 0 saturated heterocycles. The van der Waals surface area contributed by atoms with Crippen molar-refractivity contribution in [1.82, 2.24) is 0 Å². The lowest BCUT2D eigenvalue weighted by molar-refractivity contribution is -0.385. The number of hydrogen-bond donors (Lipinski definition) is 1. The van der Waals surface area contributed by atoms with Crippen LogP contribution in [0.3, 0.4) is 0 Å². The standard InChI is InChI=1S/C15H11F3N2O4/c16-15(17,18)24-13-8-4-2-6-11(13)19-14(21)9-10-5-1-3-7-12(10)20(22)23/h1-8H,9H2,(H,19,21). The number of carbonyl (C=O) groups excluding carboxylic acids is 1. The summed E-state index contributed by atoms with van der Waals surface area (Å²) < 4.78 is 40.8. The Morgan fingerprint density at radius 1 is 1.12 bits per heavy atom. The van der Waals surface area contributed by atoms with Crippen molar-refractivity contribution in [3.05, 3.63) is 64.2 Å². The Labute approximate surface area is 134 Å². The van der Waals surface area contributed by atoms with E-state index in [9.17, 15) is 28.1 Å². The van der Waals surface area contributed by atoms with E-state index in [1.165, 1.54) is 42.5 Å². The first-order chi connectivity index (χ1) is 11.3. The van der Waals surface area contributed by atoms with Gasteiger partial charge in [0.25, 0.3) is 5.69 Å². The molecule has 6 nitrogen and oxygen atoms in total. The molecule has 0 aliphatic rings. The number of ether oxygens (including phenoxy) is 1. The highest BCUT2D eigenvalue weighted by Crippen LogP contribution is 2.30. The Balaban J connectivity index is 2.15. The van der Waals surface area contributed by atoms with Gasteiger partial charge in [0.05, 0.1) is 17.0 Å². The molecule has 24 heavy (non-hydrogen) atoms. The van der Waals surface area contributed by atoms with E-state index < -0.39 is 22.9 Å². The Bertz CT molecular complexity index is 762. The molecule has 126 valence electrons. The van der Waals surface area contributed by atoms with Gasteiger partial charge in [0.2, 0.25) is 5.91 Å². The van der Waals surface area contributed by atoms with Crippen molar-refractivity contribution in [2.75, 3.05) is 5.32 Å². The predicted molar refractivity (Wildman–Crippen MR) is 78.6 cm³/mol. The molecule has 0 radical (unpaired) electrons. The van der Waals surface area contributed by atoms with Gasteiger partial charge in [-0.3, -0.25) is 14.9 Å². The maximum Gasteiger partial charge on any atom is 0.573 e. The fourth-order valence-corrected chi connectivity index (χ4v) is 1.99. The third kappa shape index (κ3) is 4.70. The van der Waals surface area contributed by atoms with Gasteiger partial charge in [-0.1, -0.05) is 30.3 Å². The zero-order chi connectivity index (χ0) is 17.7. The summed E-state index contributed by atoms with van der Waals surface area (Å²) in [6.45, 7) is 0. The number of benzene rings is 2. The van der Waals surface area contributed by atoms with Crippen molar-refractivity contribution in [2.24, 2.45) is 0 Å². The quantitative estimate of drug-likeness (QED) is 0.665. The smallest absolute Gasteiger partial charge is 0.404 e. The van der Waals surface area contributed by atoms with E-state index in [0.717, 1.165) is 6.07 Å². The summed E-state index contributed by atoms with van der Waals surface area (Å²) >= 11 is 0. The molecule has 0 aromatic heterocycles. The van der Waals surface area contributed by atoms with E-state index in [1.54, 1.807) is 0 Å². The number of nitrogens with one attached hydrogen (secondary N) is 1. The number of rotatable bonds is 5. The maximum absolute atomic E-state index is 12.3. The van der Waals surface area contributed by atoms with Gasteiger partial charge in [-0.25, -0.2) is 0 Å². The molecule has 0 spiro atoms. The number of anilines is 1. The van der Waals surface area contributed by atoms with Crippen molar-refractivity contribution in [2.45, 2.75) is 12.8 Å². The molecule has 9 heteroatoms. The monoisotopic (exact) mass is 340 g/mol. The number of nitro groups is 1. The minimum atomic E-state index is -4.90. The van der Waals surface area contributed by atoms with E-state index in [4.69, 9.17) is 0 Å². The minimum absolute atomic E-state index is 0.147. The second-order valence-electron chi connectivity index (χ2n) is 4.65. The Hall–Kier alpha value is -3.10. The van der Waals surface area contributed by atoms with Crippen LogP contribution in [0.15, 0.2) is 48.5 Å². The molecule has 0 unspecified atom stereocenters. The van der Waals surface area contributed by atoms with E-state index in [1.807, 2.05) is 0 Å². The van der Waals surface area contributed by atoms with Gasteiger partial charge >= 0.3 is 6.36 Å². The van der Waals surface area contributed by atoms with Crippen molar-refractivity contribution in [3.63, 3.8) is 0 Å². The van der Waals surface area contributed by atoms with Crippen LogP contribution in [0.5, 0.6) is 5.75 Å². The summed E-state index contributed by atoms with van der Waals surface area (Å²) in [6.07, 6.45) is -5.27. The lowest BCUT2D eigenvalue weighted by Crippen LogP contribution is -2.20. The van der Waals surface area contributed by atoms with E-state index in [0.29, 0.717) is 0 Å². The Morgan fingerprint density at radius 3 is 2.42 bits per heavy atom. The molecule has 1 N–H and O–H groups in total. The number of nitro benzene ring substituents is 1. The number of hydrogen-bond acceptors (Lipinski definition) is 4. The molecule has 0 aliphatic carbocycles. The largest absolute Gasteiger partial charge is 0.573 e. The van der Waals surface area contributed by atoms with Crippen LogP contribution >= 0.6 is 0 Å². The van der Waals surface area contributed by atoms with E-state index >= 15 is 0 Å². The third-order valence-electron chi connectivity index (χ3n) is 2.93. The van der Waals surface area contributed by atoms with Crippen LogP contribution < -0.4 is 10.1 Å². The number of carbonyl (C=O) groups is 1. The van der Waals surface area contributed by atoms with Gasteiger partial charge in [0.15, 0.2) is 5.75 Å². The average molecular weight is 340 g/mol. The van der Waals surface area contributed by atoms with Gasteiger partial charge in [-0.2, -0.15) is 0 Å². The number of alkyl halides is 3. The summed E-state index contributed by atoms with van der Waals surface area (Å²) in [5, 5.41) is 13.2. The second kappa shape index (κ2) is 6.99. The van der Waals surface area contributed by atoms with E-state index in [2.05, 4.69) is 10.1 Å². The summed E-state index contributed by atoms with van der Waals surface area (Å²) in [6, 6.07) is 10.6. The van der Waals surface area contributed by atoms with Gasteiger partial charge in [-0.15, -0.1) is 13.2 Å². The highest BCUT2D eigenvalue weighted by Gasteiger charge is 2.32. The predicted octanol–water partition coefficient (Wildman–Crippen LogP) is 3.67. The summed E-state index contributed by atoms with van der Waals surface area (Å²) in [4.78, 5) is 22.3. The van der Waals surface area contributed by atoms with Crippen LogP contribution in [-0.2, 0) is 11.2 Å². The summed E-state index contributed by atoms with van der Waals surface area (Å²) in [5.74, 6) is -1.27. The molecule has 0 saturated carbocycles. The molecule has 0 aliphatic heterocycles. The van der Waals surface area contributed by atoms with Crippen LogP contribution in [0.1, 0.15) is 5.56 Å². The molecule has 2 aromatic rings. The minimum Gasteiger partial charge on any atom is -0.404 e. The highest BCUT2D eigenvalue weighted by atomic mass is 19.4. The van der Waals surface area contributed by atoms with Gasteiger partial charge in [0, 0.05) is 11.6 Å². The first-order valence-electron chi connectivity index (χ1n) is 6.63. The number of halogens is 3. The first-order valence-corrected chi connectivity index (χ1v) is 6.63. The van der Waals surface area contributed by atoms with Crippen molar-refractivity contribution in [3.8, 4) is 5.75 Å².